The smallest absolute Gasteiger partial charge is 0.326 e. The van der Waals surface area contributed by atoms with E-state index in [-0.39, 0.29) is 30.4 Å². The number of aromatic hydroxyl groups is 1. The van der Waals surface area contributed by atoms with E-state index in [1.807, 2.05) is 0 Å². The van der Waals surface area contributed by atoms with Gasteiger partial charge in [0.05, 0.1) is 6.54 Å². The minimum absolute atomic E-state index is 0.00397. The highest BCUT2D eigenvalue weighted by Gasteiger charge is 2.35. The van der Waals surface area contributed by atoms with Gasteiger partial charge in [-0.1, -0.05) is 12.1 Å². The molecule has 30 heavy (non-hydrogen) atoms. The molecular weight excluding hydrogens is 412 g/mol. The summed E-state index contributed by atoms with van der Waals surface area (Å²) in [5.74, 6) is -2.80. The highest BCUT2D eigenvalue weighted by molar-refractivity contribution is 7.80. The standard InChI is InChI=1S/C19H26N4O6S/c20-9-16(25)23-7-1-2-15(23)18(27)22-14(10-30)17(26)21-13(19(28)29)8-11-3-5-12(24)6-4-11/h3-6,13-15,24,30H,1-2,7-10,20H2,(H,21,26)(H,22,27)(H,28,29). The summed E-state index contributed by atoms with van der Waals surface area (Å²) in [5, 5.41) is 23.7. The van der Waals surface area contributed by atoms with Crippen LogP contribution >= 0.6 is 12.6 Å². The van der Waals surface area contributed by atoms with Crippen molar-refractivity contribution in [2.24, 2.45) is 5.73 Å². The van der Waals surface area contributed by atoms with Crippen LogP contribution in [0.3, 0.4) is 0 Å². The van der Waals surface area contributed by atoms with E-state index in [1.165, 1.54) is 17.0 Å². The number of carbonyl (C=O) groups is 4. The molecular formula is C19H26N4O6S. The Morgan fingerprint density at radius 2 is 1.83 bits per heavy atom. The molecule has 10 nitrogen and oxygen atoms in total. The molecule has 0 aliphatic carbocycles. The SMILES string of the molecule is NCC(=O)N1CCCC1C(=O)NC(CS)C(=O)NC(Cc1ccc(O)cc1)C(=O)O. The van der Waals surface area contributed by atoms with Gasteiger partial charge >= 0.3 is 5.97 Å². The number of thiol groups is 1. The molecule has 1 fully saturated rings. The summed E-state index contributed by atoms with van der Waals surface area (Å²) >= 11 is 4.09. The van der Waals surface area contributed by atoms with Gasteiger partial charge in [-0.3, -0.25) is 14.4 Å². The lowest BCUT2D eigenvalue weighted by atomic mass is 10.1. The molecule has 0 aromatic heterocycles. The molecule has 1 heterocycles. The number of carbonyl (C=O) groups excluding carboxylic acids is 3. The van der Waals surface area contributed by atoms with Gasteiger partial charge in [-0.2, -0.15) is 12.6 Å². The number of nitrogens with two attached hydrogens (primary N) is 1. The van der Waals surface area contributed by atoms with Crippen LogP contribution in [0.2, 0.25) is 0 Å². The Morgan fingerprint density at radius 1 is 1.17 bits per heavy atom. The second kappa shape index (κ2) is 10.8. The fraction of sp³-hybridized carbons (Fsp3) is 0.474. The van der Waals surface area contributed by atoms with E-state index in [0.29, 0.717) is 24.9 Å². The van der Waals surface area contributed by atoms with Gasteiger partial charge in [0, 0.05) is 18.7 Å². The molecule has 0 bridgehead atoms. The molecule has 2 rings (SSSR count). The minimum Gasteiger partial charge on any atom is -0.508 e. The van der Waals surface area contributed by atoms with Crippen LogP contribution in [0, 0.1) is 0 Å². The predicted molar refractivity (Wildman–Crippen MR) is 111 cm³/mol. The number of nitrogens with one attached hydrogen (secondary N) is 2. The maximum Gasteiger partial charge on any atom is 0.326 e. The number of amides is 3. The van der Waals surface area contributed by atoms with E-state index in [0.717, 1.165) is 0 Å². The van der Waals surface area contributed by atoms with E-state index in [9.17, 15) is 29.4 Å². The molecule has 0 saturated carbocycles. The van der Waals surface area contributed by atoms with Gasteiger partial charge in [-0.15, -0.1) is 0 Å². The number of hydrogen-bond acceptors (Lipinski definition) is 7. The van der Waals surface area contributed by atoms with E-state index in [2.05, 4.69) is 23.3 Å². The van der Waals surface area contributed by atoms with Gasteiger partial charge in [0.15, 0.2) is 0 Å². The first-order valence-electron chi connectivity index (χ1n) is 9.48. The van der Waals surface area contributed by atoms with Crippen molar-refractivity contribution in [1.29, 1.82) is 0 Å². The summed E-state index contributed by atoms with van der Waals surface area (Å²) < 4.78 is 0. The summed E-state index contributed by atoms with van der Waals surface area (Å²) in [5.41, 5.74) is 5.98. The van der Waals surface area contributed by atoms with Crippen molar-refractivity contribution in [2.75, 3.05) is 18.8 Å². The maximum atomic E-state index is 12.6. The highest BCUT2D eigenvalue weighted by Crippen LogP contribution is 2.17. The molecule has 3 atom stereocenters. The number of benzene rings is 1. The van der Waals surface area contributed by atoms with Crippen molar-refractivity contribution >= 4 is 36.3 Å². The third-order valence-electron chi connectivity index (χ3n) is 4.86. The Bertz CT molecular complexity index is 788. The minimum atomic E-state index is -1.24. The Labute approximate surface area is 179 Å². The zero-order valence-electron chi connectivity index (χ0n) is 16.3. The molecule has 1 aliphatic rings. The maximum absolute atomic E-state index is 12.6. The van der Waals surface area contributed by atoms with Crippen LogP contribution in [0.1, 0.15) is 18.4 Å². The van der Waals surface area contributed by atoms with Crippen LogP contribution < -0.4 is 16.4 Å². The van der Waals surface area contributed by atoms with Crippen molar-refractivity contribution in [1.82, 2.24) is 15.5 Å². The van der Waals surface area contributed by atoms with Gasteiger partial charge in [-0.05, 0) is 30.5 Å². The monoisotopic (exact) mass is 438 g/mol. The molecule has 1 aliphatic heterocycles. The van der Waals surface area contributed by atoms with Crippen molar-refractivity contribution in [3.8, 4) is 5.75 Å². The normalized spacial score (nSPS) is 17.8. The number of hydrogen-bond donors (Lipinski definition) is 6. The largest absolute Gasteiger partial charge is 0.508 e. The molecule has 1 saturated heterocycles. The third-order valence-corrected chi connectivity index (χ3v) is 5.22. The van der Waals surface area contributed by atoms with Gasteiger partial charge < -0.3 is 31.5 Å². The van der Waals surface area contributed by atoms with Gasteiger partial charge in [-0.25, -0.2) is 4.79 Å². The van der Waals surface area contributed by atoms with Crippen molar-refractivity contribution in [3.63, 3.8) is 0 Å². The predicted octanol–water partition coefficient (Wildman–Crippen LogP) is -1.13. The van der Waals surface area contributed by atoms with Crippen molar-refractivity contribution in [3.05, 3.63) is 29.8 Å². The second-order valence-electron chi connectivity index (χ2n) is 6.96. The number of nitrogens with zero attached hydrogens (tertiary/aromatic N) is 1. The molecule has 3 amide bonds. The lowest BCUT2D eigenvalue weighted by Crippen LogP contribution is -2.56. The first-order valence-corrected chi connectivity index (χ1v) is 10.1. The van der Waals surface area contributed by atoms with Crippen LogP contribution in [-0.4, -0.2) is 75.8 Å². The van der Waals surface area contributed by atoms with E-state index in [1.54, 1.807) is 12.1 Å². The third kappa shape index (κ3) is 6.10. The number of carboxylic acid groups (broad SMARTS) is 1. The molecule has 1 aromatic rings. The summed E-state index contributed by atoms with van der Waals surface area (Å²) in [6.45, 7) is 0.206. The van der Waals surface area contributed by atoms with E-state index in [4.69, 9.17) is 5.73 Å². The molecule has 0 spiro atoms. The zero-order valence-corrected chi connectivity index (χ0v) is 17.2. The number of phenols is 1. The second-order valence-corrected chi connectivity index (χ2v) is 7.33. The van der Waals surface area contributed by atoms with Crippen molar-refractivity contribution in [2.45, 2.75) is 37.4 Å². The molecule has 164 valence electrons. The Morgan fingerprint density at radius 3 is 2.40 bits per heavy atom. The summed E-state index contributed by atoms with van der Waals surface area (Å²) in [4.78, 5) is 50.0. The Hall–Kier alpha value is -2.79. The number of likely N-dealkylation sites (tertiary alicyclic amines) is 1. The number of carboxylic acids is 1. The van der Waals surface area contributed by atoms with Crippen LogP contribution in [-0.2, 0) is 25.6 Å². The molecule has 1 aromatic carbocycles. The highest BCUT2D eigenvalue weighted by atomic mass is 32.1. The topological polar surface area (TPSA) is 162 Å². The van der Waals surface area contributed by atoms with E-state index >= 15 is 0 Å². The van der Waals surface area contributed by atoms with Crippen molar-refractivity contribution < 1.29 is 29.4 Å². The van der Waals surface area contributed by atoms with Crippen LogP contribution in [0.4, 0.5) is 0 Å². The summed E-state index contributed by atoms with van der Waals surface area (Å²) in [6, 6.07) is 2.92. The number of phenolic OH excluding ortho intramolecular Hbond substituents is 1. The molecule has 11 heteroatoms. The average molecular weight is 439 g/mol. The lowest BCUT2D eigenvalue weighted by molar-refractivity contribution is -0.142. The van der Waals surface area contributed by atoms with Gasteiger partial charge in [0.1, 0.15) is 23.9 Å². The lowest BCUT2D eigenvalue weighted by Gasteiger charge is -2.26. The number of aliphatic carboxylic acids is 1. The fourth-order valence-corrected chi connectivity index (χ4v) is 3.51. The first-order chi connectivity index (χ1) is 14.3. The van der Waals surface area contributed by atoms with Gasteiger partial charge in [0.2, 0.25) is 17.7 Å². The van der Waals surface area contributed by atoms with Crippen LogP contribution in [0.25, 0.3) is 0 Å². The number of rotatable bonds is 9. The van der Waals surface area contributed by atoms with Crippen LogP contribution in [0.5, 0.6) is 5.75 Å². The Kier molecular flexibility index (Phi) is 8.48. The Balaban J connectivity index is 2.01. The summed E-state index contributed by atoms with van der Waals surface area (Å²) in [6.07, 6.45) is 1.10. The van der Waals surface area contributed by atoms with E-state index < -0.39 is 35.9 Å². The molecule has 6 N–H and O–H groups in total. The quantitative estimate of drug-likeness (QED) is 0.266. The summed E-state index contributed by atoms with van der Waals surface area (Å²) in [7, 11) is 0. The first kappa shape index (κ1) is 23.5. The average Bonchev–Trinajstić information content (AvgIpc) is 3.22. The fourth-order valence-electron chi connectivity index (χ4n) is 3.26. The van der Waals surface area contributed by atoms with Crippen LogP contribution in [0.15, 0.2) is 24.3 Å². The zero-order chi connectivity index (χ0) is 22.3. The van der Waals surface area contributed by atoms with Gasteiger partial charge in [0.25, 0.3) is 0 Å². The molecule has 0 radical (unpaired) electrons. The molecule has 3 unspecified atom stereocenters.